The number of hydrogen-bond donors (Lipinski definition) is 1. The molecule has 2 rings (SSSR count). The van der Waals surface area contributed by atoms with Crippen molar-refractivity contribution < 1.29 is 9.90 Å². The van der Waals surface area contributed by atoms with Gasteiger partial charge in [-0.1, -0.05) is 0 Å². The van der Waals surface area contributed by atoms with E-state index in [0.717, 1.165) is 25.4 Å². The largest absolute Gasteiger partial charge is 0.465 e. The summed E-state index contributed by atoms with van der Waals surface area (Å²) in [6.45, 7) is 1.55. The summed E-state index contributed by atoms with van der Waals surface area (Å²) in [7, 11) is 0. The number of nitrogens with zero attached hydrogens (tertiary/aromatic N) is 1. The van der Waals surface area contributed by atoms with Gasteiger partial charge in [0.25, 0.3) is 0 Å². The van der Waals surface area contributed by atoms with E-state index in [1.54, 1.807) is 0 Å². The van der Waals surface area contributed by atoms with Crippen LogP contribution in [-0.4, -0.2) is 29.2 Å². The van der Waals surface area contributed by atoms with Crippen molar-refractivity contribution >= 4 is 6.09 Å². The van der Waals surface area contributed by atoms with Crippen molar-refractivity contribution in [2.45, 2.75) is 12.8 Å². The van der Waals surface area contributed by atoms with Crippen LogP contribution >= 0.6 is 0 Å². The summed E-state index contributed by atoms with van der Waals surface area (Å²) in [5.74, 6) is 1.58. The van der Waals surface area contributed by atoms with Gasteiger partial charge in [-0.05, 0) is 24.7 Å². The summed E-state index contributed by atoms with van der Waals surface area (Å²) in [4.78, 5) is 12.0. The number of amides is 1. The van der Waals surface area contributed by atoms with Gasteiger partial charge in [-0.25, -0.2) is 4.79 Å². The molecule has 0 radical (unpaired) electrons. The normalized spacial score (nSPS) is 37.0. The molecule has 1 amide bonds. The number of carbonyl (C=O) groups is 1. The zero-order chi connectivity index (χ0) is 7.14. The molecule has 1 N–H and O–H groups in total. The first kappa shape index (κ1) is 6.01. The average molecular weight is 141 g/mol. The van der Waals surface area contributed by atoms with Gasteiger partial charge in [0.2, 0.25) is 0 Å². The van der Waals surface area contributed by atoms with E-state index in [2.05, 4.69) is 0 Å². The van der Waals surface area contributed by atoms with Crippen LogP contribution in [0.3, 0.4) is 0 Å². The summed E-state index contributed by atoms with van der Waals surface area (Å²) < 4.78 is 0. The van der Waals surface area contributed by atoms with Crippen molar-refractivity contribution in [2.24, 2.45) is 11.8 Å². The Morgan fingerprint density at radius 3 is 2.90 bits per heavy atom. The standard InChI is InChI=1S/C7H11NO2/c9-7(10)8-2-1-5-3-6(5)4-8/h5-6H,1-4H2,(H,9,10). The highest BCUT2D eigenvalue weighted by Gasteiger charge is 2.42. The van der Waals surface area contributed by atoms with Crippen molar-refractivity contribution in [3.8, 4) is 0 Å². The first-order valence-electron chi connectivity index (χ1n) is 3.75. The topological polar surface area (TPSA) is 40.5 Å². The van der Waals surface area contributed by atoms with Crippen LogP contribution in [0.1, 0.15) is 12.8 Å². The molecule has 2 atom stereocenters. The smallest absolute Gasteiger partial charge is 0.407 e. The van der Waals surface area contributed by atoms with E-state index >= 15 is 0 Å². The predicted molar refractivity (Wildman–Crippen MR) is 35.8 cm³/mol. The molecule has 0 bridgehead atoms. The minimum Gasteiger partial charge on any atom is -0.465 e. The Kier molecular flexibility index (Phi) is 1.13. The molecule has 0 aromatic carbocycles. The number of fused-ring (bicyclic) bond motifs is 1. The van der Waals surface area contributed by atoms with Crippen LogP contribution in [0.25, 0.3) is 0 Å². The third-order valence-electron chi connectivity index (χ3n) is 2.56. The van der Waals surface area contributed by atoms with Crippen molar-refractivity contribution in [1.82, 2.24) is 4.90 Å². The minimum atomic E-state index is -0.745. The molecule has 2 aliphatic rings. The third kappa shape index (κ3) is 0.856. The fourth-order valence-electron chi connectivity index (χ4n) is 1.76. The Morgan fingerprint density at radius 2 is 2.30 bits per heavy atom. The zero-order valence-electron chi connectivity index (χ0n) is 5.79. The molecule has 3 heteroatoms. The van der Waals surface area contributed by atoms with Crippen LogP contribution in [0.2, 0.25) is 0 Å². The van der Waals surface area contributed by atoms with E-state index < -0.39 is 6.09 Å². The van der Waals surface area contributed by atoms with Crippen molar-refractivity contribution in [3.63, 3.8) is 0 Å². The molecule has 0 aromatic heterocycles. The highest BCUT2D eigenvalue weighted by Crippen LogP contribution is 2.44. The second kappa shape index (κ2) is 1.87. The Labute approximate surface area is 59.6 Å². The monoisotopic (exact) mass is 141 g/mol. The lowest BCUT2D eigenvalue weighted by Crippen LogP contribution is -2.35. The number of piperidine rings is 1. The van der Waals surface area contributed by atoms with Gasteiger partial charge in [-0.2, -0.15) is 0 Å². The van der Waals surface area contributed by atoms with E-state index in [1.165, 1.54) is 11.3 Å². The lowest BCUT2D eigenvalue weighted by Gasteiger charge is -2.22. The van der Waals surface area contributed by atoms with Crippen LogP contribution in [0, 0.1) is 11.8 Å². The molecule has 0 spiro atoms. The van der Waals surface area contributed by atoms with Gasteiger partial charge in [0, 0.05) is 13.1 Å². The Morgan fingerprint density at radius 1 is 1.50 bits per heavy atom. The maximum atomic E-state index is 10.4. The Hall–Kier alpha value is -0.730. The van der Waals surface area contributed by atoms with Crippen molar-refractivity contribution in [3.05, 3.63) is 0 Å². The predicted octanol–water partition coefficient (Wildman–Crippen LogP) is 1.01. The fourth-order valence-corrected chi connectivity index (χ4v) is 1.76. The molecule has 0 aromatic rings. The Bertz CT molecular complexity index is 169. The molecule has 1 aliphatic heterocycles. The van der Waals surface area contributed by atoms with Crippen LogP contribution in [0.5, 0.6) is 0 Å². The summed E-state index contributed by atoms with van der Waals surface area (Å²) >= 11 is 0. The molecule has 1 saturated carbocycles. The molecule has 1 aliphatic carbocycles. The van der Waals surface area contributed by atoms with E-state index in [-0.39, 0.29) is 0 Å². The van der Waals surface area contributed by atoms with Gasteiger partial charge in [0.05, 0.1) is 0 Å². The van der Waals surface area contributed by atoms with Crippen molar-refractivity contribution in [1.29, 1.82) is 0 Å². The summed E-state index contributed by atoms with van der Waals surface area (Å²) in [6, 6.07) is 0. The molecular weight excluding hydrogens is 130 g/mol. The van der Waals surface area contributed by atoms with Gasteiger partial charge < -0.3 is 10.0 Å². The van der Waals surface area contributed by atoms with E-state index in [9.17, 15) is 4.79 Å². The van der Waals surface area contributed by atoms with E-state index in [1.807, 2.05) is 0 Å². The minimum absolute atomic E-state index is 0.713. The highest BCUT2D eigenvalue weighted by atomic mass is 16.4. The molecule has 56 valence electrons. The van der Waals surface area contributed by atoms with Crippen LogP contribution < -0.4 is 0 Å². The first-order valence-corrected chi connectivity index (χ1v) is 3.75. The average Bonchev–Trinajstić information content (AvgIpc) is 2.63. The maximum Gasteiger partial charge on any atom is 0.407 e. The van der Waals surface area contributed by atoms with Crippen LogP contribution in [0.15, 0.2) is 0 Å². The number of rotatable bonds is 0. The molecule has 1 heterocycles. The van der Waals surface area contributed by atoms with E-state index in [0.29, 0.717) is 5.92 Å². The van der Waals surface area contributed by atoms with E-state index in [4.69, 9.17) is 5.11 Å². The van der Waals surface area contributed by atoms with Crippen LogP contribution in [-0.2, 0) is 0 Å². The van der Waals surface area contributed by atoms with Crippen LogP contribution in [0.4, 0.5) is 4.79 Å². The lowest BCUT2D eigenvalue weighted by molar-refractivity contribution is 0.133. The maximum absolute atomic E-state index is 10.4. The Balaban J connectivity index is 1.94. The second-order valence-electron chi connectivity index (χ2n) is 3.27. The summed E-state index contributed by atoms with van der Waals surface area (Å²) in [5.41, 5.74) is 0. The highest BCUT2D eigenvalue weighted by molar-refractivity contribution is 5.65. The summed E-state index contributed by atoms with van der Waals surface area (Å²) in [5, 5.41) is 8.60. The third-order valence-corrected chi connectivity index (χ3v) is 2.56. The van der Waals surface area contributed by atoms with Gasteiger partial charge in [0.15, 0.2) is 0 Å². The number of likely N-dealkylation sites (tertiary alicyclic amines) is 1. The molecular formula is C7H11NO2. The number of hydrogen-bond acceptors (Lipinski definition) is 1. The quantitative estimate of drug-likeness (QED) is 0.546. The van der Waals surface area contributed by atoms with Gasteiger partial charge in [0.1, 0.15) is 0 Å². The molecule has 2 unspecified atom stereocenters. The first-order chi connectivity index (χ1) is 4.77. The fraction of sp³-hybridized carbons (Fsp3) is 0.857. The molecule has 10 heavy (non-hydrogen) atoms. The molecule has 1 saturated heterocycles. The van der Waals surface area contributed by atoms with Crippen molar-refractivity contribution in [2.75, 3.05) is 13.1 Å². The molecule has 3 nitrogen and oxygen atoms in total. The molecule has 2 fully saturated rings. The second-order valence-corrected chi connectivity index (χ2v) is 3.27. The van der Waals surface area contributed by atoms with Gasteiger partial charge in [-0.15, -0.1) is 0 Å². The SMILES string of the molecule is O=C(O)N1CCC2CC2C1. The zero-order valence-corrected chi connectivity index (χ0v) is 5.79. The van der Waals surface area contributed by atoms with Gasteiger partial charge >= 0.3 is 6.09 Å². The summed E-state index contributed by atoms with van der Waals surface area (Å²) in [6.07, 6.45) is 1.62. The number of carboxylic acid groups (broad SMARTS) is 1. The van der Waals surface area contributed by atoms with Gasteiger partial charge in [-0.3, -0.25) is 0 Å². The lowest BCUT2D eigenvalue weighted by atomic mass is 10.1.